The van der Waals surface area contributed by atoms with Crippen LogP contribution in [0.15, 0.2) is 41.1 Å². The maximum Gasteiger partial charge on any atom is 0.267 e. The van der Waals surface area contributed by atoms with Crippen molar-refractivity contribution < 1.29 is 4.74 Å². The van der Waals surface area contributed by atoms with Crippen LogP contribution in [0.4, 0.5) is 5.69 Å². The predicted molar refractivity (Wildman–Crippen MR) is 102 cm³/mol. The van der Waals surface area contributed by atoms with Crippen molar-refractivity contribution in [1.29, 1.82) is 5.26 Å². The summed E-state index contributed by atoms with van der Waals surface area (Å²) in [6.45, 7) is 10.3. The summed E-state index contributed by atoms with van der Waals surface area (Å²) in [7, 11) is 0. The van der Waals surface area contributed by atoms with Gasteiger partial charge in [0, 0.05) is 18.8 Å². The first-order chi connectivity index (χ1) is 12.8. The molecule has 3 aliphatic heterocycles. The summed E-state index contributed by atoms with van der Waals surface area (Å²) in [5.74, 6) is 0. The predicted octanol–water partition coefficient (Wildman–Crippen LogP) is 4.05. The molecular formula is C22H21N3O. The van der Waals surface area contributed by atoms with Crippen LogP contribution in [0.3, 0.4) is 0 Å². The van der Waals surface area contributed by atoms with E-state index in [1.807, 2.05) is 12.1 Å². The number of nitriles is 1. The Bertz CT molecular complexity index is 861. The maximum atomic E-state index is 9.04. The Hall–Kier alpha value is -2.82. The summed E-state index contributed by atoms with van der Waals surface area (Å²) in [6.07, 6.45) is 10.9. The molecule has 26 heavy (non-hydrogen) atoms. The lowest BCUT2D eigenvalue weighted by atomic mass is 9.90. The Morgan fingerprint density at radius 3 is 2.54 bits per heavy atom. The minimum atomic E-state index is 0.119. The van der Waals surface area contributed by atoms with Gasteiger partial charge in [0.1, 0.15) is 0 Å². The summed E-state index contributed by atoms with van der Waals surface area (Å²) >= 11 is 0. The molecule has 130 valence electrons. The van der Waals surface area contributed by atoms with Gasteiger partial charge in [-0.25, -0.2) is 10.1 Å². The maximum absolute atomic E-state index is 9.04. The lowest BCUT2D eigenvalue weighted by Gasteiger charge is -2.37. The topological polar surface area (TPSA) is 40.6 Å². The average molecular weight is 343 g/mol. The second-order valence-corrected chi connectivity index (χ2v) is 7.02. The van der Waals surface area contributed by atoms with Gasteiger partial charge in [-0.05, 0) is 65.7 Å². The first-order valence-electron chi connectivity index (χ1n) is 9.16. The first kappa shape index (κ1) is 16.6. The number of rotatable bonds is 2. The van der Waals surface area contributed by atoms with Crippen molar-refractivity contribution in [3.05, 3.63) is 69.2 Å². The largest absolute Gasteiger partial charge is 0.373 e. The van der Waals surface area contributed by atoms with E-state index < -0.39 is 0 Å². The Balaban J connectivity index is 1.63. The first-order valence-corrected chi connectivity index (χ1v) is 9.16. The van der Waals surface area contributed by atoms with Crippen LogP contribution in [0.5, 0.6) is 0 Å². The fourth-order valence-electron chi connectivity index (χ4n) is 4.12. The number of anilines is 1. The third-order valence-electron chi connectivity index (χ3n) is 5.25. The fraction of sp³-hybridized carbons (Fsp3) is 0.364. The Morgan fingerprint density at radius 2 is 1.88 bits per heavy atom. The molecule has 0 aromatic heterocycles. The number of hydrogen-bond acceptors (Lipinski definition) is 3. The second kappa shape index (κ2) is 7.20. The van der Waals surface area contributed by atoms with E-state index in [2.05, 4.69) is 34.0 Å². The smallest absolute Gasteiger partial charge is 0.267 e. The molecule has 0 saturated heterocycles. The van der Waals surface area contributed by atoms with Crippen LogP contribution in [-0.2, 0) is 17.6 Å². The molecule has 0 atom stereocenters. The van der Waals surface area contributed by atoms with Crippen molar-refractivity contribution in [2.75, 3.05) is 31.2 Å². The molecule has 0 N–H and O–H groups in total. The lowest BCUT2D eigenvalue weighted by Crippen LogP contribution is -2.34. The normalized spacial score (nSPS) is 20.8. The van der Waals surface area contributed by atoms with Crippen LogP contribution in [-0.4, -0.2) is 26.3 Å². The van der Waals surface area contributed by atoms with Gasteiger partial charge in [-0.15, -0.1) is 0 Å². The van der Waals surface area contributed by atoms with Gasteiger partial charge in [-0.2, -0.15) is 0 Å². The van der Waals surface area contributed by atoms with Gasteiger partial charge in [0.05, 0.1) is 25.9 Å². The Labute approximate surface area is 154 Å². The van der Waals surface area contributed by atoms with Crippen molar-refractivity contribution in [2.45, 2.75) is 25.7 Å². The van der Waals surface area contributed by atoms with Gasteiger partial charge in [-0.3, -0.25) is 0 Å². The van der Waals surface area contributed by atoms with Crippen molar-refractivity contribution in [1.82, 2.24) is 0 Å². The molecular weight excluding hydrogens is 322 g/mol. The van der Waals surface area contributed by atoms with Crippen LogP contribution in [0.2, 0.25) is 0 Å². The van der Waals surface area contributed by atoms with Gasteiger partial charge >= 0.3 is 0 Å². The quantitative estimate of drug-likeness (QED) is 0.601. The molecule has 0 aliphatic carbocycles. The van der Waals surface area contributed by atoms with Crippen molar-refractivity contribution in [3.63, 3.8) is 0 Å². The van der Waals surface area contributed by atoms with Gasteiger partial charge in [0.2, 0.25) is 0 Å². The molecule has 0 radical (unpaired) electrons. The number of allylic oxidation sites excluding steroid dienone is 1. The van der Waals surface area contributed by atoms with Crippen LogP contribution in [0.1, 0.15) is 29.5 Å². The summed E-state index contributed by atoms with van der Waals surface area (Å²) in [6, 6.07) is 6.57. The summed E-state index contributed by atoms with van der Waals surface area (Å²) in [5.41, 5.74) is 7.45. The molecule has 0 saturated carbocycles. The number of benzene rings is 1. The Kier molecular flexibility index (Phi) is 4.61. The van der Waals surface area contributed by atoms with E-state index in [0.717, 1.165) is 18.4 Å². The van der Waals surface area contributed by atoms with Crippen molar-refractivity contribution in [2.24, 2.45) is 0 Å². The minimum absolute atomic E-state index is 0.119. The molecule has 0 amide bonds. The molecule has 0 unspecified atom stereocenters. The van der Waals surface area contributed by atoms with E-state index in [4.69, 9.17) is 16.6 Å². The van der Waals surface area contributed by atoms with Gasteiger partial charge in [0.15, 0.2) is 0 Å². The molecule has 3 heterocycles. The van der Waals surface area contributed by atoms with Crippen LogP contribution >= 0.6 is 0 Å². The summed E-state index contributed by atoms with van der Waals surface area (Å²) < 4.78 is 5.55. The number of aryl methyl sites for hydroxylation is 2. The molecule has 1 aromatic rings. The highest BCUT2D eigenvalue weighted by Crippen LogP contribution is 2.36. The zero-order chi connectivity index (χ0) is 17.9. The molecule has 4 nitrogen and oxygen atoms in total. The van der Waals surface area contributed by atoms with E-state index >= 15 is 0 Å². The standard InChI is InChI=1S/C22H21N3O/c1-24-21(13-23)20-12-17(14-26-15-20)7-6-16-10-18-4-2-8-25-9-3-5-19(11-16)22(18)25/h6-7,10-12H,2-5,8-9,14-15H2/b7-6+,21-20-. The zero-order valence-electron chi connectivity index (χ0n) is 14.8. The van der Waals surface area contributed by atoms with Gasteiger partial charge < -0.3 is 9.64 Å². The van der Waals surface area contributed by atoms with Gasteiger partial charge in [0.25, 0.3) is 5.70 Å². The van der Waals surface area contributed by atoms with E-state index in [-0.39, 0.29) is 5.70 Å². The molecule has 0 bridgehead atoms. The number of ether oxygens (including phenoxy) is 1. The van der Waals surface area contributed by atoms with Crippen molar-refractivity contribution in [3.8, 4) is 6.07 Å². The monoisotopic (exact) mass is 343 g/mol. The molecule has 3 aliphatic rings. The highest BCUT2D eigenvalue weighted by Gasteiger charge is 2.23. The molecule has 1 aromatic carbocycles. The average Bonchev–Trinajstić information content (AvgIpc) is 2.68. The SMILES string of the molecule is [C-]#[N+]/C(C#N)=C1C=C(/C=C/c2cc3c4c(c2)CCCN4CCC3)COC/1. The number of hydrogen-bond donors (Lipinski definition) is 0. The van der Waals surface area contributed by atoms with E-state index in [1.54, 1.807) is 0 Å². The fourth-order valence-corrected chi connectivity index (χ4v) is 4.12. The molecule has 4 heteroatoms. The van der Waals surface area contributed by atoms with Gasteiger partial charge in [-0.1, -0.05) is 18.2 Å². The lowest BCUT2D eigenvalue weighted by molar-refractivity contribution is 0.176. The second-order valence-electron chi connectivity index (χ2n) is 7.02. The highest BCUT2D eigenvalue weighted by atomic mass is 16.5. The van der Waals surface area contributed by atoms with E-state index in [0.29, 0.717) is 18.8 Å². The van der Waals surface area contributed by atoms with E-state index in [9.17, 15) is 0 Å². The Morgan fingerprint density at radius 1 is 1.15 bits per heavy atom. The minimum Gasteiger partial charge on any atom is -0.373 e. The summed E-state index contributed by atoms with van der Waals surface area (Å²) in [4.78, 5) is 5.83. The van der Waals surface area contributed by atoms with E-state index in [1.165, 1.54) is 48.3 Å². The number of nitrogens with zero attached hydrogens (tertiary/aromatic N) is 3. The zero-order valence-corrected chi connectivity index (χ0v) is 14.8. The van der Waals surface area contributed by atoms with Crippen molar-refractivity contribution >= 4 is 11.8 Å². The van der Waals surface area contributed by atoms with Crippen LogP contribution in [0.25, 0.3) is 10.9 Å². The third-order valence-corrected chi connectivity index (χ3v) is 5.25. The molecule has 0 fully saturated rings. The molecule has 4 rings (SSSR count). The molecule has 0 spiro atoms. The van der Waals surface area contributed by atoms with Crippen LogP contribution in [0, 0.1) is 17.9 Å². The van der Waals surface area contributed by atoms with Crippen LogP contribution < -0.4 is 4.90 Å². The third kappa shape index (κ3) is 3.17. The highest BCUT2D eigenvalue weighted by molar-refractivity contribution is 5.68. The summed E-state index contributed by atoms with van der Waals surface area (Å²) in [5, 5.41) is 9.04.